The molecule has 0 saturated heterocycles. The van der Waals surface area contributed by atoms with Crippen LogP contribution in [0.3, 0.4) is 0 Å². The predicted molar refractivity (Wildman–Crippen MR) is 96.4 cm³/mol. The molecule has 2 rings (SSSR count). The maximum atomic E-state index is 12.0. The molecule has 1 unspecified atom stereocenters. The number of carbonyl (C=O) groups is 1. The first kappa shape index (κ1) is 17.7. The minimum Gasteiger partial charge on any atom is -0.468 e. The Balaban J connectivity index is 1.76. The zero-order valence-corrected chi connectivity index (χ0v) is 14.9. The van der Waals surface area contributed by atoms with Gasteiger partial charge in [-0.2, -0.15) is 0 Å². The Morgan fingerprint density at radius 3 is 2.52 bits per heavy atom. The third-order valence-electron chi connectivity index (χ3n) is 3.56. The molecule has 1 amide bonds. The molecule has 1 aromatic carbocycles. The van der Waals surface area contributed by atoms with Crippen LogP contribution in [0, 0.1) is 5.92 Å². The van der Waals surface area contributed by atoms with Crippen molar-refractivity contribution >= 4 is 17.7 Å². The quantitative estimate of drug-likeness (QED) is 0.769. The zero-order chi connectivity index (χ0) is 16.7. The Bertz CT molecular complexity index is 590. The molecular formula is C19H25NO2S. The van der Waals surface area contributed by atoms with Crippen LogP contribution >= 0.6 is 11.8 Å². The molecular weight excluding hydrogens is 306 g/mol. The fourth-order valence-electron chi connectivity index (χ4n) is 2.42. The van der Waals surface area contributed by atoms with Crippen LogP contribution in [0.2, 0.25) is 0 Å². The lowest BCUT2D eigenvalue weighted by molar-refractivity contribution is -0.119. The van der Waals surface area contributed by atoms with Crippen molar-refractivity contribution in [2.45, 2.75) is 39.0 Å². The first-order valence-electron chi connectivity index (χ1n) is 8.03. The Morgan fingerprint density at radius 1 is 1.17 bits per heavy atom. The number of carbonyl (C=O) groups excluding carboxylic acids is 1. The number of rotatable bonds is 8. The van der Waals surface area contributed by atoms with Gasteiger partial charge in [0.05, 0.1) is 23.8 Å². The molecule has 0 aliphatic rings. The number of hydrogen-bond acceptors (Lipinski definition) is 3. The van der Waals surface area contributed by atoms with Gasteiger partial charge in [-0.1, -0.05) is 38.1 Å². The summed E-state index contributed by atoms with van der Waals surface area (Å²) in [6.07, 6.45) is 2.74. The molecule has 4 heteroatoms. The van der Waals surface area contributed by atoms with Gasteiger partial charge < -0.3 is 9.73 Å². The Morgan fingerprint density at radius 2 is 1.91 bits per heavy atom. The lowest BCUT2D eigenvalue weighted by Gasteiger charge is -2.15. The van der Waals surface area contributed by atoms with Gasteiger partial charge in [0.1, 0.15) is 5.76 Å². The van der Waals surface area contributed by atoms with Crippen LogP contribution in [-0.4, -0.2) is 11.7 Å². The van der Waals surface area contributed by atoms with E-state index in [2.05, 4.69) is 43.4 Å². The lowest BCUT2D eigenvalue weighted by atomic mass is 10.00. The molecule has 0 bridgehead atoms. The van der Waals surface area contributed by atoms with Crippen molar-refractivity contribution in [1.82, 2.24) is 5.32 Å². The summed E-state index contributed by atoms with van der Waals surface area (Å²) in [5.41, 5.74) is 2.48. The summed E-state index contributed by atoms with van der Waals surface area (Å²) in [5.74, 6) is 2.77. The average Bonchev–Trinajstić information content (AvgIpc) is 3.00. The van der Waals surface area contributed by atoms with Gasteiger partial charge in [0.15, 0.2) is 0 Å². The molecule has 124 valence electrons. The molecule has 0 saturated carbocycles. The molecule has 0 radical (unpaired) electrons. The van der Waals surface area contributed by atoms with Crippen LogP contribution in [0.4, 0.5) is 0 Å². The topological polar surface area (TPSA) is 42.2 Å². The van der Waals surface area contributed by atoms with E-state index in [1.165, 1.54) is 5.56 Å². The average molecular weight is 331 g/mol. The highest BCUT2D eigenvalue weighted by Gasteiger charge is 2.10. The summed E-state index contributed by atoms with van der Waals surface area (Å²) >= 11 is 1.56. The van der Waals surface area contributed by atoms with E-state index < -0.39 is 0 Å². The monoisotopic (exact) mass is 331 g/mol. The molecule has 3 nitrogen and oxygen atoms in total. The molecule has 23 heavy (non-hydrogen) atoms. The number of furan rings is 1. The number of amides is 1. The van der Waals surface area contributed by atoms with Gasteiger partial charge in [-0.3, -0.25) is 4.79 Å². The van der Waals surface area contributed by atoms with Crippen molar-refractivity contribution < 1.29 is 9.21 Å². The third-order valence-corrected chi connectivity index (χ3v) is 4.51. The highest BCUT2D eigenvalue weighted by Crippen LogP contribution is 2.17. The second-order valence-electron chi connectivity index (χ2n) is 6.20. The summed E-state index contributed by atoms with van der Waals surface area (Å²) in [6.45, 7) is 6.46. The third kappa shape index (κ3) is 6.14. The lowest BCUT2D eigenvalue weighted by Crippen LogP contribution is -2.28. The van der Waals surface area contributed by atoms with E-state index in [1.807, 2.05) is 19.1 Å². The fourth-order valence-corrected chi connectivity index (χ4v) is 3.16. The van der Waals surface area contributed by atoms with Crippen LogP contribution in [0.1, 0.15) is 43.7 Å². The van der Waals surface area contributed by atoms with E-state index in [9.17, 15) is 4.79 Å². The van der Waals surface area contributed by atoms with E-state index in [-0.39, 0.29) is 11.9 Å². The summed E-state index contributed by atoms with van der Waals surface area (Å²) in [5, 5.41) is 3.05. The molecule has 0 fully saturated rings. The Kier molecular flexibility index (Phi) is 6.78. The number of thioether (sulfide) groups is 1. The number of benzene rings is 1. The maximum Gasteiger partial charge on any atom is 0.230 e. The second kappa shape index (κ2) is 8.82. The van der Waals surface area contributed by atoms with Gasteiger partial charge in [-0.05, 0) is 42.5 Å². The fraction of sp³-hybridized carbons (Fsp3) is 0.421. The molecule has 1 atom stereocenters. The first-order chi connectivity index (χ1) is 11.0. The van der Waals surface area contributed by atoms with Crippen molar-refractivity contribution in [3.05, 3.63) is 59.5 Å². The van der Waals surface area contributed by atoms with Crippen LogP contribution in [0.5, 0.6) is 0 Å². The van der Waals surface area contributed by atoms with Gasteiger partial charge in [-0.15, -0.1) is 11.8 Å². The van der Waals surface area contributed by atoms with E-state index >= 15 is 0 Å². The van der Waals surface area contributed by atoms with E-state index in [0.29, 0.717) is 11.7 Å². The predicted octanol–water partition coefficient (Wildman–Crippen LogP) is 4.59. The molecule has 1 aromatic heterocycles. The van der Waals surface area contributed by atoms with Crippen molar-refractivity contribution in [2.24, 2.45) is 5.92 Å². The largest absolute Gasteiger partial charge is 0.468 e. The Hall–Kier alpha value is -1.68. The molecule has 1 heterocycles. The molecule has 1 N–H and O–H groups in total. The number of hydrogen-bond donors (Lipinski definition) is 1. The minimum absolute atomic E-state index is 0.0276. The van der Waals surface area contributed by atoms with Crippen molar-refractivity contribution in [1.29, 1.82) is 0 Å². The van der Waals surface area contributed by atoms with Crippen LogP contribution in [-0.2, 0) is 17.0 Å². The van der Waals surface area contributed by atoms with Gasteiger partial charge >= 0.3 is 0 Å². The molecule has 2 aromatic rings. The smallest absolute Gasteiger partial charge is 0.230 e. The highest BCUT2D eigenvalue weighted by molar-refractivity contribution is 7.99. The first-order valence-corrected chi connectivity index (χ1v) is 9.18. The van der Waals surface area contributed by atoms with E-state index in [0.717, 1.165) is 23.5 Å². The summed E-state index contributed by atoms with van der Waals surface area (Å²) in [4.78, 5) is 12.0. The summed E-state index contributed by atoms with van der Waals surface area (Å²) < 4.78 is 5.25. The standard InChI is InChI=1S/C19H25NO2S/c1-14(2)11-16-6-8-17(9-7-16)15(3)20-19(21)13-23-12-18-5-4-10-22-18/h4-10,14-15H,11-13H2,1-3H3,(H,20,21). The highest BCUT2D eigenvalue weighted by atomic mass is 32.2. The van der Waals surface area contributed by atoms with E-state index in [1.54, 1.807) is 18.0 Å². The van der Waals surface area contributed by atoms with Crippen molar-refractivity contribution in [3.8, 4) is 0 Å². The van der Waals surface area contributed by atoms with Crippen LogP contribution in [0.25, 0.3) is 0 Å². The zero-order valence-electron chi connectivity index (χ0n) is 14.0. The normalized spacial score (nSPS) is 12.3. The van der Waals surface area contributed by atoms with Crippen molar-refractivity contribution in [3.63, 3.8) is 0 Å². The van der Waals surface area contributed by atoms with Gasteiger partial charge in [0, 0.05) is 0 Å². The van der Waals surface area contributed by atoms with Crippen molar-refractivity contribution in [2.75, 3.05) is 5.75 Å². The summed E-state index contributed by atoms with van der Waals surface area (Å²) in [7, 11) is 0. The number of nitrogens with one attached hydrogen (secondary N) is 1. The van der Waals surface area contributed by atoms with Gasteiger partial charge in [-0.25, -0.2) is 0 Å². The molecule has 0 aliphatic carbocycles. The van der Waals surface area contributed by atoms with E-state index in [4.69, 9.17) is 4.42 Å². The Labute approximate surface area is 142 Å². The SMILES string of the molecule is CC(C)Cc1ccc(C(C)NC(=O)CSCc2ccco2)cc1. The van der Waals surface area contributed by atoms with Crippen LogP contribution in [0.15, 0.2) is 47.1 Å². The second-order valence-corrected chi connectivity index (χ2v) is 7.19. The van der Waals surface area contributed by atoms with Crippen LogP contribution < -0.4 is 5.32 Å². The summed E-state index contributed by atoms with van der Waals surface area (Å²) in [6, 6.07) is 12.3. The maximum absolute atomic E-state index is 12.0. The molecule has 0 aliphatic heterocycles. The van der Waals surface area contributed by atoms with Gasteiger partial charge in [0.25, 0.3) is 0 Å². The minimum atomic E-state index is 0.0276. The molecule has 0 spiro atoms. The van der Waals surface area contributed by atoms with Gasteiger partial charge in [0.2, 0.25) is 5.91 Å².